The van der Waals surface area contributed by atoms with Crippen LogP contribution in [-0.2, 0) is 11.3 Å². The number of aromatic nitrogens is 4. The predicted molar refractivity (Wildman–Crippen MR) is 105 cm³/mol. The Morgan fingerprint density at radius 2 is 1.86 bits per heavy atom. The topological polar surface area (TPSA) is 102 Å². The maximum Gasteiger partial charge on any atom is 0.356 e. The molecule has 1 atom stereocenters. The van der Waals surface area contributed by atoms with Crippen LogP contribution in [0.3, 0.4) is 0 Å². The van der Waals surface area contributed by atoms with Gasteiger partial charge in [-0.2, -0.15) is 10.2 Å². The Kier molecular flexibility index (Phi) is 5.51. The number of aromatic carboxylic acids is 1. The first-order valence-electron chi connectivity index (χ1n) is 8.64. The molecule has 3 aromatic rings. The number of carboxylic acids is 1. The number of hydrogen-bond donors (Lipinski definition) is 2. The maximum absolute atomic E-state index is 12.6. The number of aryl methyl sites for hydroxylation is 1. The molecule has 0 saturated carbocycles. The summed E-state index contributed by atoms with van der Waals surface area (Å²) in [4.78, 5) is 23.6. The average Bonchev–Trinajstić information content (AvgIpc) is 3.24. The zero-order valence-electron chi connectivity index (χ0n) is 15.7. The van der Waals surface area contributed by atoms with Crippen LogP contribution in [0.15, 0.2) is 36.5 Å². The standard InChI is InChI=1S/C19H20ClN5O3/c1-11-17(12(2)25(22-11)10-14-4-6-15(20)7-5-14)21-18(26)13(3)24-9-8-16(23-24)19(27)28/h4-9,13H,10H2,1-3H3,(H,21,26)(H,27,28). The minimum Gasteiger partial charge on any atom is -0.476 e. The van der Waals surface area contributed by atoms with E-state index in [1.54, 1.807) is 6.92 Å². The van der Waals surface area contributed by atoms with E-state index in [0.29, 0.717) is 22.9 Å². The van der Waals surface area contributed by atoms with Crippen molar-refractivity contribution in [2.24, 2.45) is 0 Å². The van der Waals surface area contributed by atoms with Crippen molar-refractivity contribution in [3.63, 3.8) is 0 Å². The Morgan fingerprint density at radius 3 is 2.46 bits per heavy atom. The molecule has 0 bridgehead atoms. The number of halogens is 1. The molecule has 8 nitrogen and oxygen atoms in total. The third kappa shape index (κ3) is 4.07. The van der Waals surface area contributed by atoms with Gasteiger partial charge in [-0.15, -0.1) is 0 Å². The highest BCUT2D eigenvalue weighted by molar-refractivity contribution is 6.30. The molecule has 1 amide bonds. The van der Waals surface area contributed by atoms with Crippen molar-refractivity contribution < 1.29 is 14.7 Å². The van der Waals surface area contributed by atoms with Crippen molar-refractivity contribution in [2.75, 3.05) is 5.32 Å². The zero-order valence-corrected chi connectivity index (χ0v) is 16.4. The van der Waals surface area contributed by atoms with Gasteiger partial charge >= 0.3 is 5.97 Å². The van der Waals surface area contributed by atoms with E-state index >= 15 is 0 Å². The van der Waals surface area contributed by atoms with E-state index in [0.717, 1.165) is 11.3 Å². The number of amides is 1. The highest BCUT2D eigenvalue weighted by Crippen LogP contribution is 2.22. The van der Waals surface area contributed by atoms with Crippen molar-refractivity contribution in [2.45, 2.75) is 33.4 Å². The third-order valence-corrected chi connectivity index (χ3v) is 4.73. The van der Waals surface area contributed by atoms with E-state index in [4.69, 9.17) is 16.7 Å². The van der Waals surface area contributed by atoms with E-state index in [-0.39, 0.29) is 11.6 Å². The summed E-state index contributed by atoms with van der Waals surface area (Å²) in [5, 5.41) is 20.9. The lowest BCUT2D eigenvalue weighted by Gasteiger charge is -2.13. The van der Waals surface area contributed by atoms with Gasteiger partial charge in [0, 0.05) is 11.2 Å². The Morgan fingerprint density at radius 1 is 1.18 bits per heavy atom. The Labute approximate surface area is 166 Å². The first-order chi connectivity index (χ1) is 13.3. The highest BCUT2D eigenvalue weighted by Gasteiger charge is 2.21. The number of carboxylic acid groups (broad SMARTS) is 1. The molecule has 0 spiro atoms. The van der Waals surface area contributed by atoms with E-state index in [1.807, 2.05) is 42.8 Å². The summed E-state index contributed by atoms with van der Waals surface area (Å²) in [5.74, 6) is -1.45. The molecule has 0 fully saturated rings. The highest BCUT2D eigenvalue weighted by atomic mass is 35.5. The summed E-state index contributed by atoms with van der Waals surface area (Å²) < 4.78 is 3.14. The van der Waals surface area contributed by atoms with Gasteiger partial charge in [-0.05, 0) is 44.5 Å². The van der Waals surface area contributed by atoms with Crippen LogP contribution in [0.4, 0.5) is 5.69 Å². The molecule has 2 heterocycles. The van der Waals surface area contributed by atoms with Crippen LogP contribution in [0.1, 0.15) is 40.4 Å². The second-order valence-electron chi connectivity index (χ2n) is 6.48. The minimum atomic E-state index is -1.14. The van der Waals surface area contributed by atoms with Gasteiger partial charge in [0.2, 0.25) is 5.91 Å². The molecule has 28 heavy (non-hydrogen) atoms. The third-order valence-electron chi connectivity index (χ3n) is 4.48. The fraction of sp³-hybridized carbons (Fsp3) is 0.263. The van der Waals surface area contributed by atoms with Gasteiger partial charge in [0.15, 0.2) is 5.69 Å². The van der Waals surface area contributed by atoms with E-state index in [1.165, 1.54) is 16.9 Å². The minimum absolute atomic E-state index is 0.109. The molecule has 1 unspecified atom stereocenters. The van der Waals surface area contributed by atoms with Gasteiger partial charge in [-0.3, -0.25) is 14.2 Å². The van der Waals surface area contributed by atoms with Crippen LogP contribution in [-0.4, -0.2) is 36.5 Å². The normalized spacial score (nSPS) is 12.0. The molecule has 0 radical (unpaired) electrons. The number of carbonyl (C=O) groups excluding carboxylic acids is 1. The lowest BCUT2D eigenvalue weighted by atomic mass is 10.2. The maximum atomic E-state index is 12.6. The van der Waals surface area contributed by atoms with Gasteiger partial charge < -0.3 is 10.4 Å². The van der Waals surface area contributed by atoms with Crippen LogP contribution < -0.4 is 5.32 Å². The second-order valence-corrected chi connectivity index (χ2v) is 6.92. The Balaban J connectivity index is 1.76. The fourth-order valence-corrected chi connectivity index (χ4v) is 2.94. The molecule has 0 saturated heterocycles. The van der Waals surface area contributed by atoms with Gasteiger partial charge in [-0.25, -0.2) is 4.79 Å². The molecule has 0 aliphatic carbocycles. The van der Waals surface area contributed by atoms with Crippen molar-refractivity contribution in [3.05, 3.63) is 64.2 Å². The Hall–Kier alpha value is -3.13. The van der Waals surface area contributed by atoms with Crippen molar-refractivity contribution in [1.82, 2.24) is 19.6 Å². The summed E-state index contributed by atoms with van der Waals surface area (Å²) >= 11 is 5.92. The first kappa shape index (κ1) is 19.6. The number of hydrogen-bond acceptors (Lipinski definition) is 4. The summed E-state index contributed by atoms with van der Waals surface area (Å²) in [6.07, 6.45) is 1.47. The van der Waals surface area contributed by atoms with Crippen LogP contribution in [0.5, 0.6) is 0 Å². The molecule has 146 valence electrons. The summed E-state index contributed by atoms with van der Waals surface area (Å²) in [6.45, 7) is 5.90. The summed E-state index contributed by atoms with van der Waals surface area (Å²) in [5.41, 5.74) is 3.08. The molecule has 0 aliphatic heterocycles. The SMILES string of the molecule is Cc1nn(Cc2ccc(Cl)cc2)c(C)c1NC(=O)C(C)n1ccc(C(=O)O)n1. The number of rotatable bonds is 6. The van der Waals surface area contributed by atoms with Crippen LogP contribution in [0.2, 0.25) is 5.02 Å². The second kappa shape index (κ2) is 7.85. The molecule has 0 aliphatic rings. The monoisotopic (exact) mass is 401 g/mol. The molecule has 2 N–H and O–H groups in total. The zero-order chi connectivity index (χ0) is 20.4. The van der Waals surface area contributed by atoms with Crippen molar-refractivity contribution in [1.29, 1.82) is 0 Å². The van der Waals surface area contributed by atoms with Crippen LogP contribution >= 0.6 is 11.6 Å². The van der Waals surface area contributed by atoms with E-state index in [9.17, 15) is 9.59 Å². The molecular formula is C19H20ClN5O3. The number of carbonyl (C=O) groups is 2. The Bertz CT molecular complexity index is 1020. The van der Waals surface area contributed by atoms with E-state index < -0.39 is 12.0 Å². The smallest absolute Gasteiger partial charge is 0.356 e. The van der Waals surface area contributed by atoms with Crippen LogP contribution in [0.25, 0.3) is 0 Å². The number of nitrogens with zero attached hydrogens (tertiary/aromatic N) is 4. The van der Waals surface area contributed by atoms with Gasteiger partial charge in [0.1, 0.15) is 6.04 Å². The van der Waals surface area contributed by atoms with Gasteiger partial charge in [0.05, 0.1) is 23.6 Å². The predicted octanol–water partition coefficient (Wildman–Crippen LogP) is 3.30. The lowest BCUT2D eigenvalue weighted by molar-refractivity contribution is -0.119. The van der Waals surface area contributed by atoms with Crippen LogP contribution in [0, 0.1) is 13.8 Å². The number of benzene rings is 1. The lowest BCUT2D eigenvalue weighted by Crippen LogP contribution is -2.25. The summed E-state index contributed by atoms with van der Waals surface area (Å²) in [6, 6.07) is 8.18. The molecule has 2 aromatic heterocycles. The van der Waals surface area contributed by atoms with Crippen molar-refractivity contribution >= 4 is 29.2 Å². The summed E-state index contributed by atoms with van der Waals surface area (Å²) in [7, 11) is 0. The molecule has 3 rings (SSSR count). The van der Waals surface area contributed by atoms with E-state index in [2.05, 4.69) is 15.5 Å². The fourth-order valence-electron chi connectivity index (χ4n) is 2.81. The number of anilines is 1. The number of nitrogens with one attached hydrogen (secondary N) is 1. The van der Waals surface area contributed by atoms with Gasteiger partial charge in [0.25, 0.3) is 0 Å². The molecule has 1 aromatic carbocycles. The van der Waals surface area contributed by atoms with Crippen molar-refractivity contribution in [3.8, 4) is 0 Å². The quantitative estimate of drug-likeness (QED) is 0.659. The van der Waals surface area contributed by atoms with Gasteiger partial charge in [-0.1, -0.05) is 23.7 Å². The average molecular weight is 402 g/mol. The largest absolute Gasteiger partial charge is 0.476 e. The first-order valence-corrected chi connectivity index (χ1v) is 9.02. The molecular weight excluding hydrogens is 382 g/mol. The molecule has 9 heteroatoms.